The van der Waals surface area contributed by atoms with E-state index in [-0.39, 0.29) is 35.7 Å². The van der Waals surface area contributed by atoms with Crippen LogP contribution in [-0.2, 0) is 42.9 Å². The van der Waals surface area contributed by atoms with Crippen molar-refractivity contribution < 1.29 is 58.2 Å². The lowest BCUT2D eigenvalue weighted by atomic mass is 9.76. The number of rotatable bonds is 9. The van der Waals surface area contributed by atoms with Crippen LogP contribution in [0.3, 0.4) is 0 Å². The zero-order valence-electron chi connectivity index (χ0n) is 33.5. The van der Waals surface area contributed by atoms with Crippen LogP contribution in [-0.4, -0.2) is 88.7 Å². The maximum atomic E-state index is 13.6. The Hall–Kier alpha value is -3.68. The molecule has 0 aromatic heterocycles. The first-order chi connectivity index (χ1) is 25.2. The molecule has 1 fully saturated rings. The molecule has 54 heavy (non-hydrogen) atoms. The van der Waals surface area contributed by atoms with E-state index in [0.717, 1.165) is 29.4 Å². The van der Waals surface area contributed by atoms with Crippen LogP contribution in [0.4, 0.5) is 0 Å². The first-order valence-electron chi connectivity index (χ1n) is 18.8. The number of aliphatic hydroxyl groups is 3. The number of methoxy groups -OCH3 is 1. The third-order valence-corrected chi connectivity index (χ3v) is 10.8. The van der Waals surface area contributed by atoms with Crippen LogP contribution in [0.5, 0.6) is 0 Å². The third kappa shape index (κ3) is 11.4. The number of cyclic esters (lactones) is 3. The zero-order valence-corrected chi connectivity index (χ0v) is 33.5. The number of aliphatic hydroxyl groups excluding tert-OH is 2. The molecule has 3 rings (SSSR count). The van der Waals surface area contributed by atoms with Gasteiger partial charge in [-0.05, 0) is 51.2 Å². The minimum atomic E-state index is -1.98. The quantitative estimate of drug-likeness (QED) is 0.121. The fourth-order valence-electron chi connectivity index (χ4n) is 7.53. The SMILES string of the molecule is CO[C@H]1C=CC=C(C)C[C@H](C)[C@H](O)[C@H](C)C=C(C)C=C(C)C(=O)O[C@@H]1[C@@H](C)[C@@H](O)[C@H](C)[C@@]1(O)C[C@@H](OC(=O)/C=C/C2=CC(=O)OC2=O)[C@H](C)[C@@H](C(C)C)O1. The summed E-state index contributed by atoms with van der Waals surface area (Å²) in [6.07, 6.45) is 7.52. The van der Waals surface area contributed by atoms with E-state index < -0.39 is 78.1 Å². The largest absolute Gasteiger partial charge is 0.459 e. The van der Waals surface area contributed by atoms with Crippen molar-refractivity contribution in [2.24, 2.45) is 35.5 Å². The minimum absolute atomic E-state index is 0.0211. The maximum Gasteiger partial charge on any atom is 0.346 e. The summed E-state index contributed by atoms with van der Waals surface area (Å²) in [7, 11) is 1.48. The van der Waals surface area contributed by atoms with Gasteiger partial charge in [-0.2, -0.15) is 0 Å². The van der Waals surface area contributed by atoms with Gasteiger partial charge in [0.05, 0.1) is 23.9 Å². The predicted octanol–water partition coefficient (Wildman–Crippen LogP) is 5.23. The number of hydrogen-bond donors (Lipinski definition) is 3. The first-order valence-corrected chi connectivity index (χ1v) is 18.8. The van der Waals surface area contributed by atoms with Gasteiger partial charge in [-0.15, -0.1) is 0 Å². The first kappa shape index (κ1) is 44.7. The summed E-state index contributed by atoms with van der Waals surface area (Å²) in [6.45, 7) is 18.4. The second-order valence-corrected chi connectivity index (χ2v) is 15.7. The summed E-state index contributed by atoms with van der Waals surface area (Å²) < 4.78 is 28.5. The molecule has 3 heterocycles. The van der Waals surface area contributed by atoms with Gasteiger partial charge < -0.3 is 39.0 Å². The second kappa shape index (κ2) is 19.3. The molecule has 0 aromatic carbocycles. The Kier molecular flexibility index (Phi) is 15.9. The van der Waals surface area contributed by atoms with Gasteiger partial charge in [0.1, 0.15) is 18.3 Å². The molecule has 3 aliphatic rings. The lowest BCUT2D eigenvalue weighted by Crippen LogP contribution is -2.59. The second-order valence-electron chi connectivity index (χ2n) is 15.7. The monoisotopic (exact) mass is 756 g/mol. The Balaban J connectivity index is 1.94. The number of hydrogen-bond acceptors (Lipinski definition) is 12. The molecule has 0 bridgehead atoms. The number of ether oxygens (including phenoxy) is 5. The summed E-state index contributed by atoms with van der Waals surface area (Å²) in [5.74, 6) is -7.57. The number of allylic oxidation sites excluding steroid dienone is 5. The van der Waals surface area contributed by atoms with Crippen molar-refractivity contribution in [1.82, 2.24) is 0 Å². The number of esters is 4. The van der Waals surface area contributed by atoms with Crippen LogP contribution in [0, 0.1) is 35.5 Å². The van der Waals surface area contributed by atoms with Gasteiger partial charge in [0.15, 0.2) is 5.79 Å². The molecule has 3 aliphatic heterocycles. The summed E-state index contributed by atoms with van der Waals surface area (Å²) in [5.41, 5.74) is 2.03. The molecule has 12 heteroatoms. The molecule has 0 spiro atoms. The summed E-state index contributed by atoms with van der Waals surface area (Å²) in [5, 5.41) is 35.1. The Morgan fingerprint density at radius 2 is 1.69 bits per heavy atom. The molecule has 3 N–H and O–H groups in total. The van der Waals surface area contributed by atoms with Crippen molar-refractivity contribution in [3.8, 4) is 0 Å². The normalized spacial score (nSPS) is 33.6. The molecule has 0 amide bonds. The van der Waals surface area contributed by atoms with E-state index >= 15 is 0 Å². The Labute approximate surface area is 319 Å². The van der Waals surface area contributed by atoms with Crippen LogP contribution < -0.4 is 0 Å². The van der Waals surface area contributed by atoms with E-state index in [0.29, 0.717) is 12.0 Å². The topological polar surface area (TPSA) is 175 Å². The van der Waals surface area contributed by atoms with Gasteiger partial charge in [-0.3, -0.25) is 0 Å². The molecule has 0 unspecified atom stereocenters. The van der Waals surface area contributed by atoms with Crippen LogP contribution in [0.25, 0.3) is 0 Å². The Morgan fingerprint density at radius 1 is 1.02 bits per heavy atom. The van der Waals surface area contributed by atoms with Crippen LogP contribution >= 0.6 is 0 Å². The highest BCUT2D eigenvalue weighted by atomic mass is 16.6. The van der Waals surface area contributed by atoms with Gasteiger partial charge in [-0.1, -0.05) is 83.9 Å². The van der Waals surface area contributed by atoms with Crippen LogP contribution in [0.1, 0.15) is 82.1 Å². The highest BCUT2D eigenvalue weighted by Gasteiger charge is 2.53. The Bertz CT molecular complexity index is 1570. The van der Waals surface area contributed by atoms with Gasteiger partial charge in [-0.25, -0.2) is 19.2 Å². The third-order valence-electron chi connectivity index (χ3n) is 10.8. The molecule has 1 saturated heterocycles. The van der Waals surface area contributed by atoms with Crippen LogP contribution in [0.15, 0.2) is 70.9 Å². The van der Waals surface area contributed by atoms with Crippen molar-refractivity contribution in [3.05, 3.63) is 70.9 Å². The van der Waals surface area contributed by atoms with Crippen molar-refractivity contribution in [3.63, 3.8) is 0 Å². The highest BCUT2D eigenvalue weighted by Crippen LogP contribution is 2.42. The molecule has 0 saturated carbocycles. The maximum absolute atomic E-state index is 13.6. The molecule has 12 nitrogen and oxygen atoms in total. The van der Waals surface area contributed by atoms with Crippen molar-refractivity contribution in [2.45, 2.75) is 124 Å². The average Bonchev–Trinajstić information content (AvgIpc) is 3.43. The van der Waals surface area contributed by atoms with E-state index in [4.69, 9.17) is 18.9 Å². The average molecular weight is 757 g/mol. The number of carbonyl (C=O) groups is 4. The van der Waals surface area contributed by atoms with E-state index in [9.17, 15) is 34.5 Å². The molecule has 0 aromatic rings. The zero-order chi connectivity index (χ0) is 40.7. The van der Waals surface area contributed by atoms with E-state index in [1.54, 1.807) is 39.0 Å². The number of carbonyl (C=O) groups excluding carboxylic acids is 4. The minimum Gasteiger partial charge on any atom is -0.459 e. The summed E-state index contributed by atoms with van der Waals surface area (Å²) in [4.78, 5) is 49.7. The summed E-state index contributed by atoms with van der Waals surface area (Å²) >= 11 is 0. The molecule has 0 aliphatic carbocycles. The van der Waals surface area contributed by atoms with Gasteiger partial charge in [0, 0.05) is 54.9 Å². The lowest BCUT2D eigenvalue weighted by Gasteiger charge is -2.50. The van der Waals surface area contributed by atoms with E-state index in [1.807, 2.05) is 60.6 Å². The molecular weight excluding hydrogens is 696 g/mol. The molecule has 300 valence electrons. The van der Waals surface area contributed by atoms with Crippen molar-refractivity contribution in [2.75, 3.05) is 7.11 Å². The molecular formula is C42H60O12. The van der Waals surface area contributed by atoms with Gasteiger partial charge >= 0.3 is 23.9 Å². The smallest absolute Gasteiger partial charge is 0.346 e. The summed E-state index contributed by atoms with van der Waals surface area (Å²) in [6, 6.07) is 0. The standard InChI is InChI=1S/C42H60O12/c1-22(2)38-28(8)33(51-34(43)16-15-31-20-35(44)52-41(31)48)21-42(49,54-38)30(10)37(46)29(9)39-32(50-11)14-12-13-23(3)17-25(5)36(45)26(6)18-24(4)19-27(7)40(47)53-39/h12-16,18-20,22,25-26,28-30,32-33,36-39,45-46,49H,17,21H2,1-11H3/b14-12?,16-15+,23-13?,24-18?,27-19?/t25-,26+,28-,29-,30-,32-,33+,36-,37+,38+,39+,42+/m0/s1. The van der Waals surface area contributed by atoms with Crippen LogP contribution in [0.2, 0.25) is 0 Å². The van der Waals surface area contributed by atoms with E-state index in [2.05, 4.69) is 4.74 Å². The van der Waals surface area contributed by atoms with E-state index in [1.165, 1.54) is 7.11 Å². The lowest BCUT2D eigenvalue weighted by molar-refractivity contribution is -0.329. The molecule has 0 radical (unpaired) electrons. The van der Waals surface area contributed by atoms with Gasteiger partial charge in [0.25, 0.3) is 0 Å². The fourth-order valence-corrected chi connectivity index (χ4v) is 7.53. The predicted molar refractivity (Wildman–Crippen MR) is 201 cm³/mol. The fraction of sp³-hybridized carbons (Fsp3) is 0.619. The van der Waals surface area contributed by atoms with Gasteiger partial charge in [0.2, 0.25) is 0 Å². The molecule has 12 atom stereocenters. The van der Waals surface area contributed by atoms with Crippen molar-refractivity contribution >= 4 is 23.9 Å². The van der Waals surface area contributed by atoms with Crippen molar-refractivity contribution in [1.29, 1.82) is 0 Å². The Morgan fingerprint density at radius 3 is 2.28 bits per heavy atom. The highest BCUT2D eigenvalue weighted by molar-refractivity contribution is 6.11.